The lowest BCUT2D eigenvalue weighted by Gasteiger charge is -2.17. The van der Waals surface area contributed by atoms with Crippen LogP contribution in [0.4, 0.5) is 5.69 Å². The number of imidazole rings is 1. The number of aromatic nitrogens is 4. The molecule has 31 heavy (non-hydrogen) atoms. The molecule has 0 aliphatic heterocycles. The van der Waals surface area contributed by atoms with Crippen molar-refractivity contribution in [2.75, 3.05) is 18.6 Å². The first-order valence-electron chi connectivity index (χ1n) is 9.81. The van der Waals surface area contributed by atoms with E-state index in [1.165, 1.54) is 4.90 Å². The van der Waals surface area contributed by atoms with E-state index >= 15 is 0 Å². The topological polar surface area (TPSA) is 96.4 Å². The van der Waals surface area contributed by atoms with Crippen molar-refractivity contribution in [1.82, 2.24) is 19.4 Å². The minimum atomic E-state index is -0.271. The van der Waals surface area contributed by atoms with Gasteiger partial charge in [-0.2, -0.15) is 5.26 Å². The maximum absolute atomic E-state index is 13.0. The van der Waals surface area contributed by atoms with Gasteiger partial charge >= 0.3 is 0 Å². The summed E-state index contributed by atoms with van der Waals surface area (Å²) in [6, 6.07) is 12.6. The fourth-order valence-electron chi connectivity index (χ4n) is 3.09. The maximum Gasteiger partial charge on any atom is 0.278 e. The van der Waals surface area contributed by atoms with Gasteiger partial charge in [-0.05, 0) is 36.8 Å². The number of nitriles is 1. The number of benzene rings is 1. The molecule has 1 aromatic carbocycles. The van der Waals surface area contributed by atoms with Crippen LogP contribution in [0, 0.1) is 11.3 Å². The number of fused-ring (bicyclic) bond motifs is 1. The molecule has 0 bridgehead atoms. The minimum Gasteiger partial charge on any atom is -0.478 e. The molecule has 1 amide bonds. The molecule has 0 spiro atoms. The zero-order valence-electron chi connectivity index (χ0n) is 17.2. The van der Waals surface area contributed by atoms with Gasteiger partial charge < -0.3 is 9.64 Å². The molecule has 8 heteroatoms. The van der Waals surface area contributed by atoms with Crippen LogP contribution in [0.15, 0.2) is 61.2 Å². The highest BCUT2D eigenvalue weighted by Gasteiger charge is 2.17. The average molecular weight is 412 g/mol. The van der Waals surface area contributed by atoms with Crippen LogP contribution in [0.2, 0.25) is 0 Å². The van der Waals surface area contributed by atoms with E-state index in [9.17, 15) is 4.79 Å². The van der Waals surface area contributed by atoms with Crippen molar-refractivity contribution >= 4 is 17.2 Å². The lowest BCUT2D eigenvalue weighted by Crippen LogP contribution is -2.27. The van der Waals surface area contributed by atoms with E-state index in [0.29, 0.717) is 29.4 Å². The molecule has 0 aliphatic rings. The van der Waals surface area contributed by atoms with Gasteiger partial charge in [0.2, 0.25) is 5.88 Å². The number of anilines is 1. The van der Waals surface area contributed by atoms with Crippen LogP contribution in [-0.4, -0.2) is 38.9 Å². The molecule has 3 aromatic heterocycles. The molecule has 4 aromatic rings. The Labute approximate surface area is 179 Å². The van der Waals surface area contributed by atoms with E-state index in [-0.39, 0.29) is 11.6 Å². The fourth-order valence-corrected chi connectivity index (χ4v) is 3.09. The Morgan fingerprint density at radius 1 is 1.10 bits per heavy atom. The van der Waals surface area contributed by atoms with Gasteiger partial charge in [0.1, 0.15) is 5.69 Å². The molecule has 0 atom stereocenters. The predicted octanol–water partition coefficient (Wildman–Crippen LogP) is 3.73. The number of amides is 1. The van der Waals surface area contributed by atoms with Crippen LogP contribution in [0.25, 0.3) is 16.9 Å². The summed E-state index contributed by atoms with van der Waals surface area (Å²) in [5, 5.41) is 8.95. The Kier molecular flexibility index (Phi) is 5.58. The molecule has 0 aliphatic carbocycles. The normalized spacial score (nSPS) is 10.6. The molecule has 4 rings (SSSR count). The monoisotopic (exact) mass is 412 g/mol. The summed E-state index contributed by atoms with van der Waals surface area (Å²) < 4.78 is 7.35. The van der Waals surface area contributed by atoms with Crippen molar-refractivity contribution < 1.29 is 9.53 Å². The van der Waals surface area contributed by atoms with Crippen molar-refractivity contribution in [3.05, 3.63) is 72.4 Å². The average Bonchev–Trinajstić information content (AvgIpc) is 3.25. The lowest BCUT2D eigenvalue weighted by molar-refractivity contribution is 0.0988. The second-order valence-electron chi connectivity index (χ2n) is 6.90. The van der Waals surface area contributed by atoms with Crippen LogP contribution < -0.4 is 9.64 Å². The van der Waals surface area contributed by atoms with Gasteiger partial charge in [-0.15, -0.1) is 0 Å². The fraction of sp³-hybridized carbons (Fsp3) is 0.174. The van der Waals surface area contributed by atoms with Crippen LogP contribution in [-0.2, 0) is 0 Å². The van der Waals surface area contributed by atoms with Crippen molar-refractivity contribution in [3.63, 3.8) is 0 Å². The minimum absolute atomic E-state index is 0.271. The first-order chi connectivity index (χ1) is 15.1. The summed E-state index contributed by atoms with van der Waals surface area (Å²) in [4.78, 5) is 27.5. The summed E-state index contributed by atoms with van der Waals surface area (Å²) in [6.07, 6.45) is 7.59. The lowest BCUT2D eigenvalue weighted by atomic mass is 10.2. The van der Waals surface area contributed by atoms with Crippen molar-refractivity contribution in [1.29, 1.82) is 5.26 Å². The van der Waals surface area contributed by atoms with Gasteiger partial charge in [0.05, 0.1) is 36.3 Å². The van der Waals surface area contributed by atoms with Gasteiger partial charge in [0.15, 0.2) is 5.65 Å². The Morgan fingerprint density at radius 3 is 2.58 bits per heavy atom. The van der Waals surface area contributed by atoms with Crippen molar-refractivity contribution in [2.45, 2.75) is 13.3 Å². The number of hydrogen-bond donors (Lipinski definition) is 0. The molecule has 0 radical (unpaired) electrons. The zero-order valence-corrected chi connectivity index (χ0v) is 17.2. The zero-order chi connectivity index (χ0) is 21.8. The molecular formula is C23H20N6O2. The van der Waals surface area contributed by atoms with E-state index in [2.05, 4.69) is 21.0 Å². The van der Waals surface area contributed by atoms with Crippen molar-refractivity contribution in [2.24, 2.45) is 0 Å². The smallest absolute Gasteiger partial charge is 0.278 e. The number of nitrogens with zero attached hydrogens (tertiary/aromatic N) is 6. The maximum atomic E-state index is 13.0. The van der Waals surface area contributed by atoms with E-state index in [1.807, 2.05) is 23.5 Å². The standard InChI is InChI=1S/C23H20N6O2/c1-3-10-31-22-9-6-17(12-27-22)20-13-26-21-14-25-19(15-29(20)21)23(30)28(2)18-7-4-16(11-24)5-8-18/h4-9,12-15H,3,10H2,1-2H3. The van der Waals surface area contributed by atoms with Crippen LogP contribution in [0.3, 0.4) is 0 Å². The molecule has 0 N–H and O–H groups in total. The van der Waals surface area contributed by atoms with E-state index < -0.39 is 0 Å². The molecule has 3 heterocycles. The Hall–Kier alpha value is -4.25. The van der Waals surface area contributed by atoms with E-state index in [0.717, 1.165) is 17.7 Å². The van der Waals surface area contributed by atoms with Gasteiger partial charge in [-0.3, -0.25) is 9.20 Å². The third-order valence-electron chi connectivity index (χ3n) is 4.79. The van der Waals surface area contributed by atoms with Crippen LogP contribution in [0.1, 0.15) is 29.4 Å². The predicted molar refractivity (Wildman–Crippen MR) is 116 cm³/mol. The number of ether oxygens (including phenoxy) is 1. The van der Waals surface area contributed by atoms with E-state index in [4.69, 9.17) is 10.00 Å². The largest absolute Gasteiger partial charge is 0.478 e. The van der Waals surface area contributed by atoms with Gasteiger partial charge in [0, 0.05) is 36.8 Å². The highest BCUT2D eigenvalue weighted by molar-refractivity contribution is 6.04. The van der Waals surface area contributed by atoms with Gasteiger partial charge in [0.25, 0.3) is 5.91 Å². The molecular weight excluding hydrogens is 392 g/mol. The summed E-state index contributed by atoms with van der Waals surface area (Å²) in [6.45, 7) is 2.66. The summed E-state index contributed by atoms with van der Waals surface area (Å²) >= 11 is 0. The SMILES string of the molecule is CCCOc1ccc(-c2cnc3cnc(C(=O)N(C)c4ccc(C#N)cc4)cn23)cn1. The number of carbonyl (C=O) groups is 1. The second-order valence-corrected chi connectivity index (χ2v) is 6.90. The number of carbonyl (C=O) groups excluding carboxylic acids is 1. The quantitative estimate of drug-likeness (QED) is 0.479. The molecule has 0 saturated heterocycles. The van der Waals surface area contributed by atoms with Crippen molar-refractivity contribution in [3.8, 4) is 23.2 Å². The third-order valence-corrected chi connectivity index (χ3v) is 4.79. The third kappa shape index (κ3) is 4.07. The second kappa shape index (κ2) is 8.63. The molecule has 0 saturated carbocycles. The highest BCUT2D eigenvalue weighted by atomic mass is 16.5. The first kappa shape index (κ1) is 20.0. The first-order valence-corrected chi connectivity index (χ1v) is 9.81. The Balaban J connectivity index is 1.63. The van der Waals surface area contributed by atoms with E-state index in [1.54, 1.807) is 56.1 Å². The van der Waals surface area contributed by atoms with Crippen LogP contribution >= 0.6 is 0 Å². The summed E-state index contributed by atoms with van der Waals surface area (Å²) in [5.41, 5.74) is 3.74. The Morgan fingerprint density at radius 2 is 1.90 bits per heavy atom. The number of rotatable bonds is 6. The number of pyridine rings is 1. The summed E-state index contributed by atoms with van der Waals surface area (Å²) in [5.74, 6) is 0.300. The number of hydrogen-bond acceptors (Lipinski definition) is 6. The van der Waals surface area contributed by atoms with Gasteiger partial charge in [-0.25, -0.2) is 15.0 Å². The van der Waals surface area contributed by atoms with Crippen LogP contribution in [0.5, 0.6) is 5.88 Å². The molecule has 154 valence electrons. The molecule has 8 nitrogen and oxygen atoms in total. The molecule has 0 fully saturated rings. The summed E-state index contributed by atoms with van der Waals surface area (Å²) in [7, 11) is 1.67. The van der Waals surface area contributed by atoms with Gasteiger partial charge in [-0.1, -0.05) is 6.92 Å². The highest BCUT2D eigenvalue weighted by Crippen LogP contribution is 2.23. The Bertz CT molecular complexity index is 1260. The molecule has 0 unspecified atom stereocenters.